The highest BCUT2D eigenvalue weighted by molar-refractivity contribution is 6.44. The van der Waals surface area contributed by atoms with E-state index in [1.165, 1.54) is 6.08 Å². The minimum atomic E-state index is -1.61. The average molecular weight is 232 g/mol. The Morgan fingerprint density at radius 2 is 1.87 bits per heavy atom. The minimum absolute atomic E-state index is 0.307. The summed E-state index contributed by atoms with van der Waals surface area (Å²) in [6, 6.07) is 0.699. The van der Waals surface area contributed by atoms with Gasteiger partial charge in [-0.3, -0.25) is 0 Å². The zero-order valence-electron chi connectivity index (χ0n) is 9.69. The van der Waals surface area contributed by atoms with Gasteiger partial charge in [0.2, 0.25) is 0 Å². The Morgan fingerprint density at radius 1 is 1.27 bits per heavy atom. The van der Waals surface area contributed by atoms with Gasteiger partial charge in [-0.15, -0.1) is 0 Å². The number of ether oxygens (including phenoxy) is 1. The Hall–Kier alpha value is -0.653. The molecule has 0 aliphatic carbocycles. The molecule has 0 aromatic rings. The number of carbonyl (C=O) groups is 1. The van der Waals surface area contributed by atoms with E-state index in [4.69, 9.17) is 13.6 Å². The third kappa shape index (κ3) is 8.35. The van der Waals surface area contributed by atoms with Gasteiger partial charge in [0.1, 0.15) is 0 Å². The molecule has 0 spiro atoms. The lowest BCUT2D eigenvalue weighted by molar-refractivity contribution is -0.137. The first kappa shape index (κ1) is 14.3. The van der Waals surface area contributed by atoms with Crippen LogP contribution in [0.4, 0.5) is 0 Å². The van der Waals surface area contributed by atoms with Crippen molar-refractivity contribution in [3.05, 3.63) is 12.2 Å². The van der Waals surface area contributed by atoms with Crippen molar-refractivity contribution in [3.63, 3.8) is 0 Å². The first-order valence-corrected chi connectivity index (χ1v) is 7.03. The average Bonchev–Trinajstić information content (AvgIpc) is 2.19. The summed E-state index contributed by atoms with van der Waals surface area (Å²) in [6.07, 6.45) is 3.06. The molecule has 0 amide bonds. The summed E-state index contributed by atoms with van der Waals surface area (Å²) in [5.41, 5.74) is 0. The topological polar surface area (TPSA) is 44.8 Å². The van der Waals surface area contributed by atoms with Crippen LogP contribution in [0.3, 0.4) is 0 Å². The minimum Gasteiger partial charge on any atom is -0.463 e. The summed E-state index contributed by atoms with van der Waals surface area (Å²) < 4.78 is 15.8. The van der Waals surface area contributed by atoms with Crippen LogP contribution in [0.15, 0.2) is 12.2 Å². The molecule has 0 aromatic heterocycles. The summed E-state index contributed by atoms with van der Waals surface area (Å²) in [5, 5.41) is 0. The zero-order chi connectivity index (χ0) is 11.5. The van der Waals surface area contributed by atoms with Gasteiger partial charge < -0.3 is 13.6 Å². The van der Waals surface area contributed by atoms with Gasteiger partial charge in [0.15, 0.2) is 0 Å². The molecule has 0 aromatic carbocycles. The molecule has 0 fully saturated rings. The van der Waals surface area contributed by atoms with Gasteiger partial charge >= 0.3 is 15.3 Å². The maximum Gasteiger partial charge on any atom is 0.330 e. The molecular weight excluding hydrogens is 212 g/mol. The van der Waals surface area contributed by atoms with Crippen LogP contribution in [0.2, 0.25) is 6.04 Å². The summed E-state index contributed by atoms with van der Waals surface area (Å²) in [7, 11) is -1.61. The van der Waals surface area contributed by atoms with E-state index in [1.807, 2.05) is 13.8 Å². The summed E-state index contributed by atoms with van der Waals surface area (Å²) in [5.74, 6) is -0.307. The predicted molar refractivity (Wildman–Crippen MR) is 61.0 cm³/mol. The fourth-order valence-electron chi connectivity index (χ4n) is 1.03. The van der Waals surface area contributed by atoms with Crippen LogP contribution in [0.25, 0.3) is 0 Å². The molecule has 0 atom stereocenters. The lowest BCUT2D eigenvalue weighted by atomic mass is 10.5. The van der Waals surface area contributed by atoms with Crippen molar-refractivity contribution in [3.8, 4) is 0 Å². The fraction of sp³-hybridized carbons (Fsp3) is 0.700. The molecule has 88 valence electrons. The highest BCUT2D eigenvalue weighted by atomic mass is 28.3. The van der Waals surface area contributed by atoms with Gasteiger partial charge in [0.05, 0.1) is 6.61 Å². The second-order valence-corrected chi connectivity index (χ2v) is 4.90. The second kappa shape index (κ2) is 9.89. The van der Waals surface area contributed by atoms with Gasteiger partial charge in [-0.2, -0.15) is 0 Å². The Morgan fingerprint density at radius 3 is 2.33 bits per heavy atom. The van der Waals surface area contributed by atoms with E-state index in [9.17, 15) is 4.79 Å². The quantitative estimate of drug-likeness (QED) is 0.360. The van der Waals surface area contributed by atoms with E-state index in [1.54, 1.807) is 13.0 Å². The van der Waals surface area contributed by atoms with Crippen molar-refractivity contribution in [1.29, 1.82) is 0 Å². The zero-order valence-corrected chi connectivity index (χ0v) is 10.8. The number of carbonyl (C=O) groups excluding carboxylic acids is 1. The van der Waals surface area contributed by atoms with Gasteiger partial charge in [-0.05, 0) is 20.8 Å². The molecule has 0 bridgehead atoms. The van der Waals surface area contributed by atoms with Crippen LogP contribution in [0.5, 0.6) is 0 Å². The maximum absolute atomic E-state index is 11.0. The summed E-state index contributed by atoms with van der Waals surface area (Å²) in [6.45, 7) is 7.33. The van der Waals surface area contributed by atoms with Crippen molar-refractivity contribution in [2.45, 2.75) is 26.8 Å². The first-order chi connectivity index (χ1) is 7.24. The van der Waals surface area contributed by atoms with Crippen LogP contribution in [0, 0.1) is 0 Å². The Kier molecular flexibility index (Phi) is 9.45. The second-order valence-electron chi connectivity index (χ2n) is 2.80. The third-order valence-electron chi connectivity index (χ3n) is 1.61. The van der Waals surface area contributed by atoms with Gasteiger partial charge in [0, 0.05) is 25.3 Å². The summed E-state index contributed by atoms with van der Waals surface area (Å²) >= 11 is 0. The SMILES string of the molecule is CC=CC(=O)OCC[SiH](OCC)OCC. The lowest BCUT2D eigenvalue weighted by Crippen LogP contribution is -2.25. The number of hydrogen-bond donors (Lipinski definition) is 0. The van der Waals surface area contributed by atoms with Crippen molar-refractivity contribution < 1.29 is 18.4 Å². The molecule has 5 heteroatoms. The van der Waals surface area contributed by atoms with Gasteiger partial charge in [0.25, 0.3) is 0 Å². The van der Waals surface area contributed by atoms with E-state index in [0.29, 0.717) is 25.9 Å². The largest absolute Gasteiger partial charge is 0.463 e. The fourth-order valence-corrected chi connectivity index (χ4v) is 2.51. The maximum atomic E-state index is 11.0. The summed E-state index contributed by atoms with van der Waals surface area (Å²) in [4.78, 5) is 11.0. The Balaban J connectivity index is 3.64. The van der Waals surface area contributed by atoms with Crippen LogP contribution in [-0.2, 0) is 18.4 Å². The molecule has 4 nitrogen and oxygen atoms in total. The molecule has 0 radical (unpaired) electrons. The van der Waals surface area contributed by atoms with Crippen LogP contribution < -0.4 is 0 Å². The molecule has 0 rings (SSSR count). The highest BCUT2D eigenvalue weighted by Crippen LogP contribution is 1.98. The van der Waals surface area contributed by atoms with E-state index in [2.05, 4.69) is 0 Å². The molecule has 15 heavy (non-hydrogen) atoms. The highest BCUT2D eigenvalue weighted by Gasteiger charge is 2.12. The monoisotopic (exact) mass is 232 g/mol. The van der Waals surface area contributed by atoms with Crippen molar-refractivity contribution >= 4 is 15.3 Å². The van der Waals surface area contributed by atoms with E-state index in [0.717, 1.165) is 0 Å². The molecule has 0 saturated heterocycles. The van der Waals surface area contributed by atoms with Crippen molar-refractivity contribution in [2.75, 3.05) is 19.8 Å². The number of hydrogen-bond acceptors (Lipinski definition) is 4. The van der Waals surface area contributed by atoms with Crippen molar-refractivity contribution in [2.24, 2.45) is 0 Å². The molecular formula is C10H20O4Si. The number of allylic oxidation sites excluding steroid dienone is 1. The van der Waals surface area contributed by atoms with Gasteiger partial charge in [-0.1, -0.05) is 6.08 Å². The first-order valence-electron chi connectivity index (χ1n) is 5.27. The van der Waals surface area contributed by atoms with E-state index < -0.39 is 9.28 Å². The normalized spacial score (nSPS) is 11.2. The smallest absolute Gasteiger partial charge is 0.330 e. The molecule has 0 saturated carbocycles. The lowest BCUT2D eigenvalue weighted by Gasteiger charge is -2.14. The van der Waals surface area contributed by atoms with Crippen molar-refractivity contribution in [1.82, 2.24) is 0 Å². The predicted octanol–water partition coefficient (Wildman–Crippen LogP) is 1.40. The van der Waals surface area contributed by atoms with Crippen LogP contribution in [0.1, 0.15) is 20.8 Å². The molecule has 0 aliphatic rings. The molecule has 0 heterocycles. The Bertz CT molecular complexity index is 188. The molecule has 0 N–H and O–H groups in total. The van der Waals surface area contributed by atoms with E-state index >= 15 is 0 Å². The molecule has 0 aliphatic heterocycles. The third-order valence-corrected chi connectivity index (χ3v) is 3.72. The Labute approximate surface area is 93.1 Å². The number of rotatable bonds is 8. The standard InChI is InChI=1S/C10H20O4Si/c1-4-7-10(11)12-8-9-15(13-5-2)14-6-3/h4,7,15H,5-6,8-9H2,1-3H3. The molecule has 0 unspecified atom stereocenters. The van der Waals surface area contributed by atoms with Crippen LogP contribution >= 0.6 is 0 Å². The number of esters is 1. The van der Waals surface area contributed by atoms with E-state index in [-0.39, 0.29) is 5.97 Å². The van der Waals surface area contributed by atoms with Gasteiger partial charge in [-0.25, -0.2) is 4.79 Å². The van der Waals surface area contributed by atoms with Crippen LogP contribution in [-0.4, -0.2) is 35.1 Å².